The van der Waals surface area contributed by atoms with Gasteiger partial charge in [0.15, 0.2) is 6.10 Å². The monoisotopic (exact) mass is 429 g/mol. The van der Waals surface area contributed by atoms with E-state index in [4.69, 9.17) is 10.5 Å². The molecule has 0 aliphatic carbocycles. The predicted octanol–water partition coefficient (Wildman–Crippen LogP) is -0.104. The lowest BCUT2D eigenvalue weighted by Crippen LogP contribution is -2.55. The van der Waals surface area contributed by atoms with E-state index in [1.54, 1.807) is 17.0 Å². The molecule has 0 saturated carbocycles. The maximum atomic E-state index is 13.1. The smallest absolute Gasteiger partial charge is 0.260 e. The molecule has 1 atom stereocenters. The summed E-state index contributed by atoms with van der Waals surface area (Å²) in [7, 11) is 0. The number of nitrogens with zero attached hydrogens (tertiary/aromatic N) is 4. The van der Waals surface area contributed by atoms with E-state index >= 15 is 0 Å². The molecule has 2 fully saturated rings. The van der Waals surface area contributed by atoms with Crippen LogP contribution in [0.5, 0.6) is 5.75 Å². The van der Waals surface area contributed by atoms with Gasteiger partial charge in [0.25, 0.3) is 5.91 Å². The second-order valence-electron chi connectivity index (χ2n) is 8.47. The fourth-order valence-electron chi connectivity index (χ4n) is 4.44. The SMILES string of the molecule is NC(=O)C1CN(C(=O)CN2CCN(CC(=O)N3CCCCC3)CC2)c2ccccc2O1. The normalized spacial score (nSPS) is 22.5. The lowest BCUT2D eigenvalue weighted by atomic mass is 10.1. The Labute approximate surface area is 182 Å². The van der Waals surface area contributed by atoms with E-state index < -0.39 is 12.0 Å². The number of hydrogen-bond donors (Lipinski definition) is 1. The van der Waals surface area contributed by atoms with Crippen molar-refractivity contribution in [2.24, 2.45) is 5.73 Å². The summed E-state index contributed by atoms with van der Waals surface area (Å²) in [5.41, 5.74) is 6.09. The molecule has 0 spiro atoms. The van der Waals surface area contributed by atoms with Crippen LogP contribution >= 0.6 is 0 Å². The molecule has 9 nitrogen and oxygen atoms in total. The number of rotatable bonds is 5. The Morgan fingerprint density at radius 2 is 1.48 bits per heavy atom. The second kappa shape index (κ2) is 9.65. The minimum Gasteiger partial charge on any atom is -0.477 e. The molecule has 9 heteroatoms. The quantitative estimate of drug-likeness (QED) is 0.702. The van der Waals surface area contributed by atoms with Gasteiger partial charge in [-0.1, -0.05) is 12.1 Å². The van der Waals surface area contributed by atoms with Crippen LogP contribution in [0.15, 0.2) is 24.3 Å². The van der Waals surface area contributed by atoms with Gasteiger partial charge in [-0.05, 0) is 31.4 Å². The van der Waals surface area contributed by atoms with Gasteiger partial charge in [0.2, 0.25) is 11.8 Å². The Morgan fingerprint density at radius 3 is 2.13 bits per heavy atom. The van der Waals surface area contributed by atoms with Crippen LogP contribution in [0, 0.1) is 0 Å². The highest BCUT2D eigenvalue weighted by molar-refractivity contribution is 5.98. The highest BCUT2D eigenvalue weighted by atomic mass is 16.5. The van der Waals surface area contributed by atoms with Crippen LogP contribution in [0.25, 0.3) is 0 Å². The Balaban J connectivity index is 1.30. The third-order valence-electron chi connectivity index (χ3n) is 6.28. The van der Waals surface area contributed by atoms with E-state index in [-0.39, 0.29) is 24.9 Å². The highest BCUT2D eigenvalue weighted by Crippen LogP contribution is 2.33. The number of hydrogen-bond acceptors (Lipinski definition) is 6. The first kappa shape index (κ1) is 21.6. The Morgan fingerprint density at radius 1 is 0.871 bits per heavy atom. The minimum absolute atomic E-state index is 0.0835. The molecule has 3 amide bonds. The van der Waals surface area contributed by atoms with Crippen molar-refractivity contribution in [3.8, 4) is 5.75 Å². The van der Waals surface area contributed by atoms with Crippen LogP contribution in [0.1, 0.15) is 19.3 Å². The standard InChI is InChI=1S/C22H31N5O4/c23-22(30)19-14-27(17-6-2-3-7-18(17)31-19)21(29)16-25-12-10-24(11-13-25)15-20(28)26-8-4-1-5-9-26/h2-3,6-7,19H,1,4-5,8-16H2,(H2,23,30). The zero-order valence-corrected chi connectivity index (χ0v) is 17.9. The number of piperidine rings is 1. The van der Waals surface area contributed by atoms with E-state index in [0.717, 1.165) is 52.1 Å². The minimum atomic E-state index is -0.850. The topological polar surface area (TPSA) is 99.4 Å². The molecule has 168 valence electrons. The van der Waals surface area contributed by atoms with Crippen molar-refractivity contribution < 1.29 is 19.1 Å². The summed E-state index contributed by atoms with van der Waals surface area (Å²) in [5.74, 6) is 0.0396. The molecule has 0 bridgehead atoms. The molecule has 0 radical (unpaired) electrons. The van der Waals surface area contributed by atoms with Gasteiger partial charge in [-0.15, -0.1) is 0 Å². The van der Waals surface area contributed by atoms with E-state index in [1.165, 1.54) is 6.42 Å². The molecule has 1 aromatic carbocycles. The average Bonchev–Trinajstić information content (AvgIpc) is 2.80. The van der Waals surface area contributed by atoms with E-state index in [9.17, 15) is 14.4 Å². The van der Waals surface area contributed by atoms with Gasteiger partial charge in [0.1, 0.15) is 5.75 Å². The van der Waals surface area contributed by atoms with Crippen LogP contribution in [-0.4, -0.2) is 97.4 Å². The molecule has 3 heterocycles. The maximum Gasteiger partial charge on any atom is 0.260 e. The van der Waals surface area contributed by atoms with Gasteiger partial charge in [0.05, 0.1) is 25.3 Å². The van der Waals surface area contributed by atoms with Crippen LogP contribution in [0.4, 0.5) is 5.69 Å². The Hall–Kier alpha value is -2.65. The zero-order chi connectivity index (χ0) is 21.8. The van der Waals surface area contributed by atoms with E-state index in [0.29, 0.717) is 18.0 Å². The third-order valence-corrected chi connectivity index (χ3v) is 6.28. The summed E-state index contributed by atoms with van der Waals surface area (Å²) in [6.07, 6.45) is 2.56. The van der Waals surface area contributed by atoms with Crippen molar-refractivity contribution in [3.05, 3.63) is 24.3 Å². The second-order valence-corrected chi connectivity index (χ2v) is 8.47. The number of ether oxygens (including phenoxy) is 1. The summed E-state index contributed by atoms with van der Waals surface area (Å²) >= 11 is 0. The van der Waals surface area contributed by atoms with Crippen molar-refractivity contribution >= 4 is 23.4 Å². The number of primary amides is 1. The number of amides is 3. The first-order chi connectivity index (χ1) is 15.0. The van der Waals surface area contributed by atoms with Crippen molar-refractivity contribution in [1.82, 2.24) is 14.7 Å². The van der Waals surface area contributed by atoms with Gasteiger partial charge in [0, 0.05) is 39.3 Å². The molecule has 1 unspecified atom stereocenters. The molecule has 3 aliphatic heterocycles. The fraction of sp³-hybridized carbons (Fsp3) is 0.591. The number of likely N-dealkylation sites (tertiary alicyclic amines) is 1. The molecule has 3 aliphatic rings. The van der Waals surface area contributed by atoms with Gasteiger partial charge in [-0.2, -0.15) is 0 Å². The highest BCUT2D eigenvalue weighted by Gasteiger charge is 2.33. The zero-order valence-electron chi connectivity index (χ0n) is 17.9. The lowest BCUT2D eigenvalue weighted by molar-refractivity contribution is -0.134. The molecule has 31 heavy (non-hydrogen) atoms. The molecular weight excluding hydrogens is 398 g/mol. The number of piperazine rings is 1. The number of carbonyl (C=O) groups is 3. The van der Waals surface area contributed by atoms with E-state index in [2.05, 4.69) is 9.80 Å². The average molecular weight is 430 g/mol. The summed E-state index contributed by atoms with van der Waals surface area (Å²) in [6.45, 7) is 5.56. The summed E-state index contributed by atoms with van der Waals surface area (Å²) < 4.78 is 5.64. The maximum absolute atomic E-state index is 13.1. The van der Waals surface area contributed by atoms with Crippen molar-refractivity contribution in [3.63, 3.8) is 0 Å². The third kappa shape index (κ3) is 5.16. The molecule has 4 rings (SSSR count). The van der Waals surface area contributed by atoms with Gasteiger partial charge < -0.3 is 20.3 Å². The molecule has 0 aromatic heterocycles. The first-order valence-electron chi connectivity index (χ1n) is 11.1. The molecule has 2 saturated heterocycles. The van der Waals surface area contributed by atoms with Crippen LogP contribution in [-0.2, 0) is 14.4 Å². The van der Waals surface area contributed by atoms with Crippen LogP contribution in [0.3, 0.4) is 0 Å². The molecule has 1 aromatic rings. The largest absolute Gasteiger partial charge is 0.477 e. The number of nitrogens with two attached hydrogens (primary N) is 1. The fourth-order valence-corrected chi connectivity index (χ4v) is 4.44. The lowest BCUT2D eigenvalue weighted by Gasteiger charge is -2.38. The van der Waals surface area contributed by atoms with Crippen molar-refractivity contribution in [2.75, 3.05) is 63.8 Å². The van der Waals surface area contributed by atoms with Crippen molar-refractivity contribution in [1.29, 1.82) is 0 Å². The van der Waals surface area contributed by atoms with Crippen LogP contribution < -0.4 is 15.4 Å². The summed E-state index contributed by atoms with van der Waals surface area (Å²) in [6, 6.07) is 7.19. The van der Waals surface area contributed by atoms with Crippen molar-refractivity contribution in [2.45, 2.75) is 25.4 Å². The number of para-hydroxylation sites is 2. The van der Waals surface area contributed by atoms with E-state index in [1.807, 2.05) is 17.0 Å². The Kier molecular flexibility index (Phi) is 6.72. The first-order valence-corrected chi connectivity index (χ1v) is 11.1. The number of anilines is 1. The molecule has 2 N–H and O–H groups in total. The molecular formula is C22H31N5O4. The predicted molar refractivity (Wildman–Crippen MR) is 116 cm³/mol. The number of fused-ring (bicyclic) bond motifs is 1. The summed E-state index contributed by atoms with van der Waals surface area (Å²) in [5, 5.41) is 0. The summed E-state index contributed by atoms with van der Waals surface area (Å²) in [4.78, 5) is 45.1. The van der Waals surface area contributed by atoms with Crippen LogP contribution in [0.2, 0.25) is 0 Å². The number of benzene rings is 1. The van der Waals surface area contributed by atoms with Gasteiger partial charge >= 0.3 is 0 Å². The Bertz CT molecular complexity index is 818. The number of carbonyl (C=O) groups excluding carboxylic acids is 3. The van der Waals surface area contributed by atoms with Gasteiger partial charge in [-0.25, -0.2) is 0 Å². The van der Waals surface area contributed by atoms with Gasteiger partial charge in [-0.3, -0.25) is 24.2 Å².